The fourth-order valence-corrected chi connectivity index (χ4v) is 2.05. The normalized spacial score (nSPS) is 15.1. The lowest BCUT2D eigenvalue weighted by Gasteiger charge is -2.29. The maximum atomic E-state index is 11.4. The highest BCUT2D eigenvalue weighted by Crippen LogP contribution is 2.18. The molecule has 0 aromatic carbocycles. The summed E-state index contributed by atoms with van der Waals surface area (Å²) in [6, 6.07) is 0. The van der Waals surface area contributed by atoms with Crippen molar-refractivity contribution in [2.45, 2.75) is 65.0 Å². The summed E-state index contributed by atoms with van der Waals surface area (Å²) in [4.78, 5) is 11.4. The average Bonchev–Trinajstić information content (AvgIpc) is 2.34. The van der Waals surface area contributed by atoms with Gasteiger partial charge in [0.05, 0.1) is 18.8 Å². The van der Waals surface area contributed by atoms with Gasteiger partial charge in [-0.25, -0.2) is 0 Å². The molecule has 0 saturated heterocycles. The summed E-state index contributed by atoms with van der Waals surface area (Å²) in [5.41, 5.74) is -0.963. The molecule has 0 rings (SSSR count). The molecule has 120 valence electrons. The zero-order valence-corrected chi connectivity index (χ0v) is 13.6. The Morgan fingerprint density at radius 2 is 1.80 bits per heavy atom. The van der Waals surface area contributed by atoms with Gasteiger partial charge in [-0.15, -0.1) is 0 Å². The summed E-state index contributed by atoms with van der Waals surface area (Å²) in [7, 11) is 0. The first-order chi connectivity index (χ1) is 9.27. The molecule has 0 bridgehead atoms. The number of carboxylic acid groups (broad SMARTS) is 1. The molecule has 0 aliphatic carbocycles. The third-order valence-electron chi connectivity index (χ3n) is 3.18. The van der Waals surface area contributed by atoms with Crippen LogP contribution in [0.3, 0.4) is 0 Å². The predicted octanol–water partition coefficient (Wildman–Crippen LogP) is 2.44. The minimum atomic E-state index is -0.819. The molecular formula is C15H31NO4. The molecule has 20 heavy (non-hydrogen) atoms. The molecule has 0 aromatic rings. The fourth-order valence-electron chi connectivity index (χ4n) is 2.05. The van der Waals surface area contributed by atoms with Crippen molar-refractivity contribution in [3.63, 3.8) is 0 Å². The van der Waals surface area contributed by atoms with Crippen molar-refractivity contribution < 1.29 is 19.4 Å². The molecule has 0 saturated carbocycles. The number of ether oxygens (including phenoxy) is 2. The third kappa shape index (κ3) is 7.82. The first kappa shape index (κ1) is 19.4. The summed E-state index contributed by atoms with van der Waals surface area (Å²) in [5, 5.41) is 12.4. The van der Waals surface area contributed by atoms with Crippen LogP contribution < -0.4 is 5.32 Å². The molecule has 2 N–H and O–H groups in total. The van der Waals surface area contributed by atoms with Gasteiger partial charge in [0.2, 0.25) is 0 Å². The van der Waals surface area contributed by atoms with Gasteiger partial charge in [-0.05, 0) is 46.6 Å². The van der Waals surface area contributed by atoms with E-state index in [0.717, 1.165) is 6.42 Å². The molecule has 0 aliphatic rings. The molecule has 5 nitrogen and oxygen atoms in total. The van der Waals surface area contributed by atoms with Gasteiger partial charge in [-0.3, -0.25) is 4.79 Å². The van der Waals surface area contributed by atoms with Crippen molar-refractivity contribution in [2.24, 2.45) is 0 Å². The van der Waals surface area contributed by atoms with E-state index >= 15 is 0 Å². The van der Waals surface area contributed by atoms with Crippen LogP contribution in [0.4, 0.5) is 0 Å². The van der Waals surface area contributed by atoms with Crippen LogP contribution in [0, 0.1) is 0 Å². The highest BCUT2D eigenvalue weighted by Gasteiger charge is 2.34. The van der Waals surface area contributed by atoms with Crippen molar-refractivity contribution in [1.29, 1.82) is 0 Å². The molecule has 0 amide bonds. The number of carbonyl (C=O) groups is 1. The lowest BCUT2D eigenvalue weighted by Crippen LogP contribution is -2.51. The van der Waals surface area contributed by atoms with Crippen molar-refractivity contribution in [3.8, 4) is 0 Å². The Balaban J connectivity index is 3.88. The summed E-state index contributed by atoms with van der Waals surface area (Å²) >= 11 is 0. The van der Waals surface area contributed by atoms with Gasteiger partial charge >= 0.3 is 5.97 Å². The van der Waals surface area contributed by atoms with Crippen LogP contribution in [0.25, 0.3) is 0 Å². The van der Waals surface area contributed by atoms with E-state index in [2.05, 4.69) is 5.32 Å². The number of nitrogens with one attached hydrogen (secondary N) is 1. The zero-order chi connectivity index (χ0) is 15.6. The van der Waals surface area contributed by atoms with Gasteiger partial charge in [0.25, 0.3) is 0 Å². The Bertz CT molecular complexity index is 276. The SMILES string of the molecule is CCNC(CC)(CCCOCCOC(C)(C)C)C(=O)O. The van der Waals surface area contributed by atoms with E-state index in [9.17, 15) is 9.90 Å². The maximum absolute atomic E-state index is 11.4. The number of carboxylic acids is 1. The summed E-state index contributed by atoms with van der Waals surface area (Å²) in [6.45, 7) is 12.2. The summed E-state index contributed by atoms with van der Waals surface area (Å²) in [6.07, 6.45) is 1.87. The van der Waals surface area contributed by atoms with E-state index in [1.165, 1.54) is 0 Å². The van der Waals surface area contributed by atoms with E-state index < -0.39 is 11.5 Å². The minimum Gasteiger partial charge on any atom is -0.480 e. The second-order valence-electron chi connectivity index (χ2n) is 5.95. The van der Waals surface area contributed by atoms with Crippen LogP contribution in [0.1, 0.15) is 53.9 Å². The third-order valence-corrected chi connectivity index (χ3v) is 3.18. The van der Waals surface area contributed by atoms with Crippen LogP contribution in [0.2, 0.25) is 0 Å². The summed E-state index contributed by atoms with van der Waals surface area (Å²) < 4.78 is 11.0. The second kappa shape index (κ2) is 9.32. The Kier molecular flexibility index (Phi) is 9.01. The fraction of sp³-hybridized carbons (Fsp3) is 0.933. The van der Waals surface area contributed by atoms with Crippen LogP contribution in [-0.4, -0.2) is 48.6 Å². The quantitative estimate of drug-likeness (QED) is 0.572. The number of aliphatic carboxylic acids is 1. The van der Waals surface area contributed by atoms with Gasteiger partial charge in [-0.2, -0.15) is 0 Å². The highest BCUT2D eigenvalue weighted by molar-refractivity contribution is 5.78. The molecule has 0 aromatic heterocycles. The number of likely N-dealkylation sites (N-methyl/N-ethyl adjacent to an activating group) is 1. The van der Waals surface area contributed by atoms with Crippen molar-refractivity contribution >= 4 is 5.97 Å². The van der Waals surface area contributed by atoms with Crippen LogP contribution in [-0.2, 0) is 14.3 Å². The zero-order valence-electron chi connectivity index (χ0n) is 13.6. The monoisotopic (exact) mass is 289 g/mol. The molecule has 5 heteroatoms. The van der Waals surface area contributed by atoms with E-state index in [1.54, 1.807) is 0 Å². The molecule has 1 unspecified atom stereocenters. The van der Waals surface area contributed by atoms with Crippen molar-refractivity contribution in [3.05, 3.63) is 0 Å². The van der Waals surface area contributed by atoms with Gasteiger partial charge in [-0.1, -0.05) is 13.8 Å². The highest BCUT2D eigenvalue weighted by atomic mass is 16.5. The van der Waals surface area contributed by atoms with Gasteiger partial charge in [0, 0.05) is 6.61 Å². The standard InChI is InChI=1S/C15H31NO4/c1-6-15(13(17)18,16-7-2)9-8-10-19-11-12-20-14(3,4)5/h16H,6-12H2,1-5H3,(H,17,18). The maximum Gasteiger partial charge on any atom is 0.323 e. The lowest BCUT2D eigenvalue weighted by molar-refractivity contribution is -0.145. The number of rotatable bonds is 11. The Morgan fingerprint density at radius 3 is 2.25 bits per heavy atom. The first-order valence-corrected chi connectivity index (χ1v) is 7.47. The van der Waals surface area contributed by atoms with Crippen molar-refractivity contribution in [1.82, 2.24) is 5.32 Å². The Labute approximate surface area is 123 Å². The van der Waals surface area contributed by atoms with E-state index in [1.807, 2.05) is 34.6 Å². The molecular weight excluding hydrogens is 258 g/mol. The first-order valence-electron chi connectivity index (χ1n) is 7.47. The van der Waals surface area contributed by atoms with E-state index in [-0.39, 0.29) is 5.60 Å². The van der Waals surface area contributed by atoms with E-state index in [0.29, 0.717) is 39.2 Å². The van der Waals surface area contributed by atoms with Gasteiger partial charge in [0.1, 0.15) is 5.54 Å². The van der Waals surface area contributed by atoms with E-state index in [4.69, 9.17) is 9.47 Å². The molecule has 0 aliphatic heterocycles. The molecule has 1 atom stereocenters. The Morgan fingerprint density at radius 1 is 1.15 bits per heavy atom. The molecule has 0 heterocycles. The molecule has 0 fully saturated rings. The van der Waals surface area contributed by atoms with Crippen LogP contribution in [0.15, 0.2) is 0 Å². The van der Waals surface area contributed by atoms with Crippen molar-refractivity contribution in [2.75, 3.05) is 26.4 Å². The molecule has 0 spiro atoms. The lowest BCUT2D eigenvalue weighted by atomic mass is 9.90. The smallest absolute Gasteiger partial charge is 0.323 e. The van der Waals surface area contributed by atoms with Crippen LogP contribution in [0.5, 0.6) is 0 Å². The van der Waals surface area contributed by atoms with Gasteiger partial charge < -0.3 is 19.9 Å². The second-order valence-corrected chi connectivity index (χ2v) is 5.95. The Hall–Kier alpha value is -0.650. The largest absolute Gasteiger partial charge is 0.480 e. The van der Waals surface area contributed by atoms with Gasteiger partial charge in [0.15, 0.2) is 0 Å². The molecule has 0 radical (unpaired) electrons. The topological polar surface area (TPSA) is 67.8 Å². The minimum absolute atomic E-state index is 0.144. The average molecular weight is 289 g/mol. The number of hydrogen-bond donors (Lipinski definition) is 2. The summed E-state index contributed by atoms with van der Waals surface area (Å²) in [5.74, 6) is -0.780. The predicted molar refractivity (Wildman–Crippen MR) is 80.1 cm³/mol. The van der Waals surface area contributed by atoms with Crippen LogP contribution >= 0.6 is 0 Å². The number of hydrogen-bond acceptors (Lipinski definition) is 4.